The van der Waals surface area contributed by atoms with Crippen molar-refractivity contribution in [2.24, 2.45) is 0 Å². The van der Waals surface area contributed by atoms with Crippen LogP contribution in [0.1, 0.15) is 28.0 Å². The smallest absolute Gasteiger partial charge is 0.345 e. The zero-order valence-corrected chi connectivity index (χ0v) is 12.1. The predicted octanol–water partition coefficient (Wildman–Crippen LogP) is 2.42. The Bertz CT molecular complexity index is 1010. The summed E-state index contributed by atoms with van der Waals surface area (Å²) in [5.74, 6) is -1.84. The van der Waals surface area contributed by atoms with E-state index >= 15 is 0 Å². The van der Waals surface area contributed by atoms with E-state index in [1.54, 1.807) is 0 Å². The molecule has 6 heteroatoms. The summed E-state index contributed by atoms with van der Waals surface area (Å²) < 4.78 is 0. The quantitative estimate of drug-likeness (QED) is 0.553. The summed E-state index contributed by atoms with van der Waals surface area (Å²) in [7, 11) is 0. The van der Waals surface area contributed by atoms with Crippen molar-refractivity contribution in [1.29, 1.82) is 0 Å². The summed E-state index contributed by atoms with van der Waals surface area (Å²) in [5, 5.41) is 20.4. The largest absolute Gasteiger partial charge is 0.506 e. The molecule has 4 N–H and O–H groups in total. The molecule has 1 aliphatic carbocycles. The average molecular weight is 310 g/mol. The van der Waals surface area contributed by atoms with Gasteiger partial charge in [0.25, 0.3) is 5.56 Å². The number of carboxylic acids is 1. The first-order valence-corrected chi connectivity index (χ1v) is 7.39. The van der Waals surface area contributed by atoms with Gasteiger partial charge < -0.3 is 20.2 Å². The van der Waals surface area contributed by atoms with E-state index in [9.17, 15) is 14.7 Å². The number of rotatable bonds is 1. The van der Waals surface area contributed by atoms with Crippen molar-refractivity contribution < 1.29 is 15.0 Å². The molecule has 0 bridgehead atoms. The molecule has 0 fully saturated rings. The van der Waals surface area contributed by atoms with Crippen LogP contribution in [0.2, 0.25) is 0 Å². The van der Waals surface area contributed by atoms with Gasteiger partial charge in [-0.3, -0.25) is 4.79 Å². The molecule has 116 valence electrons. The summed E-state index contributed by atoms with van der Waals surface area (Å²) in [6.45, 7) is 0. The van der Waals surface area contributed by atoms with Gasteiger partial charge in [-0.15, -0.1) is 0 Å². The fourth-order valence-corrected chi connectivity index (χ4v) is 3.40. The topological polar surface area (TPSA) is 106 Å². The molecule has 1 aliphatic rings. The molecule has 2 heterocycles. The third-order valence-electron chi connectivity index (χ3n) is 4.39. The number of pyridine rings is 1. The molecule has 3 aromatic rings. The summed E-state index contributed by atoms with van der Waals surface area (Å²) in [6, 6.07) is 7.73. The van der Waals surface area contributed by atoms with Crippen LogP contribution in [0.25, 0.3) is 22.2 Å². The number of aromatic nitrogens is 2. The lowest BCUT2D eigenvalue weighted by Crippen LogP contribution is -2.19. The lowest BCUT2D eigenvalue weighted by Gasteiger charge is -2.11. The van der Waals surface area contributed by atoms with Gasteiger partial charge >= 0.3 is 5.97 Å². The zero-order valence-electron chi connectivity index (χ0n) is 12.1. The second kappa shape index (κ2) is 4.74. The number of H-pyrrole nitrogens is 2. The first-order chi connectivity index (χ1) is 11.1. The van der Waals surface area contributed by atoms with Crippen molar-refractivity contribution in [2.45, 2.75) is 19.3 Å². The van der Waals surface area contributed by atoms with E-state index in [1.807, 2.05) is 24.3 Å². The van der Waals surface area contributed by atoms with Gasteiger partial charge in [0.1, 0.15) is 5.75 Å². The first-order valence-electron chi connectivity index (χ1n) is 7.39. The highest BCUT2D eigenvalue weighted by Gasteiger charge is 2.27. The standard InChI is InChI=1S/C17H14N2O4/c20-15-9-5-3-7-11-12(8-4-1-2-6-10(8)18-11)14(9)19-16(21)13(15)17(22)23/h1-2,4,6,18H,3,5,7H2,(H,22,23)(H2,19,20,21). The predicted molar refractivity (Wildman–Crippen MR) is 85.0 cm³/mol. The Labute approximate surface area is 130 Å². The number of benzene rings is 1. The van der Waals surface area contributed by atoms with Crippen LogP contribution in [0.4, 0.5) is 0 Å². The molecule has 1 aromatic carbocycles. The van der Waals surface area contributed by atoms with Crippen molar-refractivity contribution in [3.05, 3.63) is 51.4 Å². The summed E-state index contributed by atoms with van der Waals surface area (Å²) in [6.07, 6.45) is 2.03. The Morgan fingerprint density at radius 3 is 2.70 bits per heavy atom. The van der Waals surface area contributed by atoms with E-state index in [0.29, 0.717) is 17.7 Å². The number of para-hydroxylation sites is 1. The van der Waals surface area contributed by atoms with Crippen LogP contribution in [0.3, 0.4) is 0 Å². The van der Waals surface area contributed by atoms with Gasteiger partial charge in [0.05, 0.1) is 5.69 Å². The van der Waals surface area contributed by atoms with Crippen molar-refractivity contribution in [3.8, 4) is 17.0 Å². The number of nitrogens with one attached hydrogen (secondary N) is 2. The van der Waals surface area contributed by atoms with Crippen molar-refractivity contribution in [1.82, 2.24) is 9.97 Å². The third-order valence-corrected chi connectivity index (χ3v) is 4.39. The van der Waals surface area contributed by atoms with E-state index in [2.05, 4.69) is 9.97 Å². The van der Waals surface area contributed by atoms with Gasteiger partial charge in [-0.05, 0) is 25.3 Å². The molecule has 0 aliphatic heterocycles. The fraction of sp³-hybridized carbons (Fsp3) is 0.176. The molecule has 2 aromatic heterocycles. The summed E-state index contributed by atoms with van der Waals surface area (Å²) in [4.78, 5) is 29.4. The highest BCUT2D eigenvalue weighted by atomic mass is 16.4. The van der Waals surface area contributed by atoms with Crippen molar-refractivity contribution >= 4 is 16.9 Å². The minimum atomic E-state index is -1.42. The molecular weight excluding hydrogens is 296 g/mol. The zero-order chi connectivity index (χ0) is 16.1. The second-order valence-corrected chi connectivity index (χ2v) is 5.71. The number of carbonyl (C=O) groups is 1. The molecule has 0 spiro atoms. The van der Waals surface area contributed by atoms with Crippen LogP contribution in [-0.2, 0) is 12.8 Å². The summed E-state index contributed by atoms with van der Waals surface area (Å²) in [5.41, 5.74) is 2.42. The molecule has 23 heavy (non-hydrogen) atoms. The lowest BCUT2D eigenvalue weighted by atomic mass is 10.00. The molecule has 0 unspecified atom stereocenters. The average Bonchev–Trinajstić information content (AvgIpc) is 2.77. The number of aromatic carboxylic acids is 1. The van der Waals surface area contributed by atoms with Gasteiger partial charge in [0, 0.05) is 27.7 Å². The number of hydrogen-bond acceptors (Lipinski definition) is 3. The van der Waals surface area contributed by atoms with Gasteiger partial charge in [-0.2, -0.15) is 0 Å². The maximum absolute atomic E-state index is 12.1. The molecule has 4 rings (SSSR count). The van der Waals surface area contributed by atoms with Crippen LogP contribution in [0.5, 0.6) is 5.75 Å². The van der Waals surface area contributed by atoms with Gasteiger partial charge in [0.15, 0.2) is 5.56 Å². The Morgan fingerprint density at radius 2 is 1.91 bits per heavy atom. The number of fused-ring (bicyclic) bond motifs is 5. The monoisotopic (exact) mass is 310 g/mol. The van der Waals surface area contributed by atoms with Gasteiger partial charge in [0.2, 0.25) is 0 Å². The van der Waals surface area contributed by atoms with Crippen LogP contribution in [-0.4, -0.2) is 26.2 Å². The van der Waals surface area contributed by atoms with E-state index in [4.69, 9.17) is 5.11 Å². The fourth-order valence-electron chi connectivity index (χ4n) is 3.40. The summed E-state index contributed by atoms with van der Waals surface area (Å²) >= 11 is 0. The highest BCUT2D eigenvalue weighted by Crippen LogP contribution is 2.39. The minimum absolute atomic E-state index is 0.422. The molecule has 0 saturated carbocycles. The Kier molecular flexibility index (Phi) is 2.81. The number of hydrogen-bond donors (Lipinski definition) is 4. The Balaban J connectivity index is 2.13. The maximum Gasteiger partial charge on any atom is 0.345 e. The van der Waals surface area contributed by atoms with Crippen LogP contribution in [0.15, 0.2) is 29.1 Å². The minimum Gasteiger partial charge on any atom is -0.506 e. The van der Waals surface area contributed by atoms with Crippen molar-refractivity contribution in [3.63, 3.8) is 0 Å². The van der Waals surface area contributed by atoms with E-state index in [1.165, 1.54) is 0 Å². The normalized spacial score (nSPS) is 13.4. The molecule has 6 nitrogen and oxygen atoms in total. The number of aryl methyl sites for hydroxylation is 1. The van der Waals surface area contributed by atoms with E-state index < -0.39 is 22.8 Å². The number of carboxylic acid groups (broad SMARTS) is 1. The van der Waals surface area contributed by atoms with Gasteiger partial charge in [-0.1, -0.05) is 18.2 Å². The van der Waals surface area contributed by atoms with Crippen molar-refractivity contribution in [2.75, 3.05) is 0 Å². The molecule has 0 radical (unpaired) electrons. The van der Waals surface area contributed by atoms with Gasteiger partial charge in [-0.25, -0.2) is 4.79 Å². The number of aromatic amines is 2. The van der Waals surface area contributed by atoms with E-state index in [-0.39, 0.29) is 0 Å². The van der Waals surface area contributed by atoms with Crippen LogP contribution in [0, 0.1) is 0 Å². The Morgan fingerprint density at radius 1 is 1.13 bits per heavy atom. The SMILES string of the molecule is O=C(O)c1c(O)c2c([nH]c1=O)-c1c([nH]c3ccccc13)CCC2. The Hall–Kier alpha value is -3.02. The highest BCUT2D eigenvalue weighted by molar-refractivity contribution is 5.99. The lowest BCUT2D eigenvalue weighted by molar-refractivity contribution is 0.0691. The van der Waals surface area contributed by atoms with E-state index in [0.717, 1.165) is 35.0 Å². The number of aromatic hydroxyl groups is 1. The maximum atomic E-state index is 12.1. The van der Waals surface area contributed by atoms with Crippen LogP contribution >= 0.6 is 0 Å². The second-order valence-electron chi connectivity index (χ2n) is 5.71. The molecule has 0 amide bonds. The third kappa shape index (κ3) is 1.88. The molecule has 0 atom stereocenters. The first kappa shape index (κ1) is 13.6. The molecular formula is C17H14N2O4. The van der Waals surface area contributed by atoms with Crippen LogP contribution < -0.4 is 5.56 Å². The molecule has 0 saturated heterocycles.